The Morgan fingerprint density at radius 2 is 1.86 bits per heavy atom. The molecule has 0 amide bonds. The van der Waals surface area contributed by atoms with Crippen LogP contribution in [0.1, 0.15) is 48.1 Å². The van der Waals surface area contributed by atoms with Crippen molar-refractivity contribution >= 4 is 32.9 Å². The average molecular weight is 556 g/mol. The molecule has 3 aromatic rings. The van der Waals surface area contributed by atoms with Crippen molar-refractivity contribution in [3.05, 3.63) is 63.4 Å². The smallest absolute Gasteiger partial charge is 0.379 e. The molecule has 0 radical (unpaired) electrons. The van der Waals surface area contributed by atoms with Crippen molar-refractivity contribution in [2.24, 2.45) is 0 Å². The molecule has 0 spiro atoms. The monoisotopic (exact) mass is 555 g/mol. The summed E-state index contributed by atoms with van der Waals surface area (Å²) >= 11 is 1.09. The molecule has 2 N–H and O–H groups in total. The minimum Gasteiger partial charge on any atom is -0.379 e. The number of sulfonamides is 1. The number of aryl methyl sites for hydroxylation is 1. The molecule has 4 heterocycles. The molecule has 0 saturated carbocycles. The molecule has 0 atom stereocenters. The van der Waals surface area contributed by atoms with Crippen molar-refractivity contribution in [3.8, 4) is 0 Å². The SMILES string of the molecule is Cc1nc(S(=O)(=O)Nc2cscn2)c(C(F)(F)F)cc1NCc1c(F)cccc1CN1C2CCC1CC2. The van der Waals surface area contributed by atoms with E-state index in [4.69, 9.17) is 0 Å². The fourth-order valence-corrected chi connectivity index (χ4v) is 6.99. The van der Waals surface area contributed by atoms with Crippen LogP contribution in [-0.4, -0.2) is 35.4 Å². The van der Waals surface area contributed by atoms with E-state index >= 15 is 0 Å². The maximum absolute atomic E-state index is 14.9. The molecule has 2 bridgehead atoms. The second kappa shape index (κ2) is 9.84. The second-order valence-electron chi connectivity index (χ2n) is 9.32. The average Bonchev–Trinajstić information content (AvgIpc) is 3.57. The third-order valence-electron chi connectivity index (χ3n) is 7.04. The molecule has 2 fully saturated rings. The Morgan fingerprint density at radius 1 is 1.16 bits per heavy atom. The summed E-state index contributed by atoms with van der Waals surface area (Å²) in [7, 11) is -4.67. The van der Waals surface area contributed by atoms with Crippen molar-refractivity contribution in [1.29, 1.82) is 0 Å². The summed E-state index contributed by atoms with van der Waals surface area (Å²) in [6, 6.07) is 6.48. The van der Waals surface area contributed by atoms with Gasteiger partial charge in [0.15, 0.2) is 10.8 Å². The van der Waals surface area contributed by atoms with Gasteiger partial charge in [0.1, 0.15) is 5.82 Å². The van der Waals surface area contributed by atoms with Gasteiger partial charge in [-0.05, 0) is 50.3 Å². The standard InChI is InChI=1S/C24H25F4N5O2S2/c1-14-21(9-19(24(26,27)28)23(31-14)37(34,35)32-22-12-36-13-30-22)29-10-18-15(3-2-4-20(18)25)11-33-16-5-6-17(33)8-7-16/h2-4,9,12-13,16-17,29,32H,5-8,10-11H2,1H3. The normalized spacial score (nSPS) is 19.9. The van der Waals surface area contributed by atoms with Gasteiger partial charge in [0.25, 0.3) is 10.0 Å². The molecular formula is C24H25F4N5O2S2. The molecule has 2 saturated heterocycles. The summed E-state index contributed by atoms with van der Waals surface area (Å²) in [5.74, 6) is -0.553. The molecule has 13 heteroatoms. The summed E-state index contributed by atoms with van der Waals surface area (Å²) < 4.78 is 84.1. The largest absolute Gasteiger partial charge is 0.419 e. The van der Waals surface area contributed by atoms with Crippen molar-refractivity contribution in [2.45, 2.75) is 69.0 Å². The van der Waals surface area contributed by atoms with Gasteiger partial charge in [-0.3, -0.25) is 9.62 Å². The van der Waals surface area contributed by atoms with Gasteiger partial charge in [-0.1, -0.05) is 12.1 Å². The van der Waals surface area contributed by atoms with Gasteiger partial charge >= 0.3 is 6.18 Å². The van der Waals surface area contributed by atoms with Crippen LogP contribution in [0.15, 0.2) is 40.2 Å². The summed E-state index contributed by atoms with van der Waals surface area (Å²) in [5.41, 5.74) is 1.06. The summed E-state index contributed by atoms with van der Waals surface area (Å²) in [6.07, 6.45) is -0.478. The van der Waals surface area contributed by atoms with E-state index in [-0.39, 0.29) is 23.7 Å². The predicted octanol–water partition coefficient (Wildman–Crippen LogP) is 5.54. The molecule has 198 valence electrons. The first-order valence-electron chi connectivity index (χ1n) is 11.8. The third kappa shape index (κ3) is 5.30. The van der Waals surface area contributed by atoms with Crippen LogP contribution in [0.5, 0.6) is 0 Å². The minimum atomic E-state index is -5.00. The number of halogens is 4. The quantitative estimate of drug-likeness (QED) is 0.355. The minimum absolute atomic E-state index is 0.0297. The summed E-state index contributed by atoms with van der Waals surface area (Å²) in [6.45, 7) is 1.90. The van der Waals surface area contributed by atoms with Crippen molar-refractivity contribution in [2.75, 3.05) is 10.0 Å². The van der Waals surface area contributed by atoms with E-state index in [9.17, 15) is 26.0 Å². The van der Waals surface area contributed by atoms with Gasteiger partial charge in [-0.15, -0.1) is 11.3 Å². The summed E-state index contributed by atoms with van der Waals surface area (Å²) in [5, 5.41) is 3.07. The van der Waals surface area contributed by atoms with Crippen LogP contribution in [0.4, 0.5) is 29.1 Å². The molecule has 2 aliphatic rings. The van der Waals surface area contributed by atoms with Gasteiger partial charge in [-0.25, -0.2) is 14.4 Å². The molecule has 7 nitrogen and oxygen atoms in total. The van der Waals surface area contributed by atoms with E-state index in [2.05, 4.69) is 20.2 Å². The Balaban J connectivity index is 1.42. The molecule has 37 heavy (non-hydrogen) atoms. The zero-order valence-electron chi connectivity index (χ0n) is 19.8. The van der Waals surface area contributed by atoms with Gasteiger partial charge in [-0.2, -0.15) is 21.6 Å². The molecule has 2 aromatic heterocycles. The first kappa shape index (κ1) is 25.9. The van der Waals surface area contributed by atoms with Crippen LogP contribution in [0, 0.1) is 12.7 Å². The van der Waals surface area contributed by atoms with Crippen molar-refractivity contribution < 1.29 is 26.0 Å². The third-order valence-corrected chi connectivity index (χ3v) is 8.92. The number of anilines is 2. The number of nitrogens with one attached hydrogen (secondary N) is 2. The first-order chi connectivity index (χ1) is 17.5. The number of pyridine rings is 1. The van der Waals surface area contributed by atoms with E-state index in [0.29, 0.717) is 30.3 Å². The Bertz CT molecular complexity index is 1380. The number of hydrogen-bond acceptors (Lipinski definition) is 7. The molecular weight excluding hydrogens is 530 g/mol. The highest BCUT2D eigenvalue weighted by Gasteiger charge is 2.40. The van der Waals surface area contributed by atoms with Crippen molar-refractivity contribution in [3.63, 3.8) is 0 Å². The number of hydrogen-bond donors (Lipinski definition) is 2. The predicted molar refractivity (Wildman–Crippen MR) is 132 cm³/mol. The van der Waals surface area contributed by atoms with Gasteiger partial charge in [0, 0.05) is 36.1 Å². The Hall–Kier alpha value is -2.77. The van der Waals surface area contributed by atoms with Gasteiger partial charge in [0.05, 0.1) is 22.5 Å². The lowest BCUT2D eigenvalue weighted by Crippen LogP contribution is -2.28. The van der Waals surface area contributed by atoms with E-state index in [0.717, 1.165) is 42.6 Å². The number of alkyl halides is 3. The Morgan fingerprint density at radius 3 is 2.49 bits per heavy atom. The van der Waals surface area contributed by atoms with Crippen LogP contribution in [0.3, 0.4) is 0 Å². The van der Waals surface area contributed by atoms with Crippen LogP contribution in [0.25, 0.3) is 0 Å². The van der Waals surface area contributed by atoms with Crippen LogP contribution < -0.4 is 10.0 Å². The highest BCUT2D eigenvalue weighted by molar-refractivity contribution is 7.92. The maximum Gasteiger partial charge on any atom is 0.419 e. The molecule has 1 aromatic carbocycles. The highest BCUT2D eigenvalue weighted by atomic mass is 32.2. The number of benzene rings is 1. The highest BCUT2D eigenvalue weighted by Crippen LogP contribution is 2.39. The molecule has 5 rings (SSSR count). The van der Waals surface area contributed by atoms with E-state index in [1.165, 1.54) is 23.9 Å². The lowest BCUT2D eigenvalue weighted by atomic mass is 10.0. The maximum atomic E-state index is 14.9. The molecule has 0 aliphatic carbocycles. The lowest BCUT2D eigenvalue weighted by molar-refractivity contribution is -0.140. The van der Waals surface area contributed by atoms with Crippen LogP contribution in [0.2, 0.25) is 0 Å². The number of aromatic nitrogens is 2. The zero-order valence-corrected chi connectivity index (χ0v) is 21.5. The topological polar surface area (TPSA) is 87.2 Å². The Labute approximate surface area is 216 Å². The summed E-state index contributed by atoms with van der Waals surface area (Å²) in [4.78, 5) is 9.95. The number of nitrogens with zero attached hydrogens (tertiary/aromatic N) is 3. The zero-order chi connectivity index (χ0) is 26.4. The Kier molecular flexibility index (Phi) is 6.88. The van der Waals surface area contributed by atoms with E-state index in [1.54, 1.807) is 6.07 Å². The fraction of sp³-hybridized carbons (Fsp3) is 0.417. The lowest BCUT2D eigenvalue weighted by Gasteiger charge is -2.24. The molecule has 2 aliphatic heterocycles. The van der Waals surface area contributed by atoms with Crippen molar-refractivity contribution in [1.82, 2.24) is 14.9 Å². The fourth-order valence-electron chi connectivity index (χ4n) is 5.23. The number of rotatable bonds is 8. The van der Waals surface area contributed by atoms with E-state index < -0.39 is 32.6 Å². The van der Waals surface area contributed by atoms with Gasteiger partial charge < -0.3 is 5.32 Å². The van der Waals surface area contributed by atoms with Crippen LogP contribution >= 0.6 is 11.3 Å². The van der Waals surface area contributed by atoms with Gasteiger partial charge in [0.2, 0.25) is 0 Å². The molecule has 0 unspecified atom stereocenters. The number of thiazole rings is 1. The first-order valence-corrected chi connectivity index (χ1v) is 14.2. The number of fused-ring (bicyclic) bond motifs is 2. The van der Waals surface area contributed by atoms with E-state index in [1.807, 2.05) is 10.8 Å². The van der Waals surface area contributed by atoms with Crippen LogP contribution in [-0.2, 0) is 29.3 Å². The second-order valence-corrected chi connectivity index (χ2v) is 11.6.